The number of nitrogens with two attached hydrogens (primary N) is 1. The number of carbonyl (C=O) groups excluding carboxylic acids is 1. The monoisotopic (exact) mass is 453 g/mol. The number of aromatic amines is 1. The number of hydrogen-bond donors (Lipinski definition) is 3. The highest BCUT2D eigenvalue weighted by molar-refractivity contribution is 5.95. The van der Waals surface area contributed by atoms with Crippen molar-refractivity contribution in [1.82, 2.24) is 9.55 Å². The number of nitrogens with one attached hydrogen (secondary N) is 2. The zero-order valence-electron chi connectivity index (χ0n) is 18.4. The summed E-state index contributed by atoms with van der Waals surface area (Å²) in [5, 5.41) is 2.53. The van der Waals surface area contributed by atoms with E-state index in [9.17, 15) is 23.2 Å². The van der Waals surface area contributed by atoms with E-state index in [4.69, 9.17) is 5.73 Å². The van der Waals surface area contributed by atoms with E-state index in [0.717, 1.165) is 6.42 Å². The zero-order chi connectivity index (χ0) is 23.8. The van der Waals surface area contributed by atoms with Gasteiger partial charge >= 0.3 is 12.3 Å². The normalized spacial score (nSPS) is 11.1. The first-order valence-corrected chi connectivity index (χ1v) is 10.3. The first-order chi connectivity index (χ1) is 15.1. The van der Waals surface area contributed by atoms with Crippen molar-refractivity contribution >= 4 is 23.1 Å². The van der Waals surface area contributed by atoms with Crippen LogP contribution < -0.4 is 31.9 Å². The molecule has 0 spiro atoms. The van der Waals surface area contributed by atoms with Gasteiger partial charge in [0.25, 0.3) is 5.56 Å². The predicted molar refractivity (Wildman–Crippen MR) is 119 cm³/mol. The molecule has 2 aromatic rings. The molecule has 4 N–H and O–H groups in total. The molecule has 0 aliphatic carbocycles. The summed E-state index contributed by atoms with van der Waals surface area (Å²) in [4.78, 5) is 41.3. The number of benzene rings is 1. The molecule has 0 saturated carbocycles. The molecule has 0 bridgehead atoms. The Balaban J connectivity index is 2.35. The third-order valence-corrected chi connectivity index (χ3v) is 4.57. The Morgan fingerprint density at radius 1 is 1.28 bits per heavy atom. The maximum absolute atomic E-state index is 12.7. The van der Waals surface area contributed by atoms with Crippen molar-refractivity contribution < 1.29 is 18.3 Å². The summed E-state index contributed by atoms with van der Waals surface area (Å²) in [5.41, 5.74) is 4.95. The number of hydrogen-bond acceptors (Lipinski definition) is 6. The molecule has 1 heterocycles. The Bertz CT molecular complexity index is 1040. The third kappa shape index (κ3) is 6.56. The molecule has 0 aliphatic heterocycles. The van der Waals surface area contributed by atoms with Gasteiger partial charge in [0.15, 0.2) is 0 Å². The quantitative estimate of drug-likeness (QED) is 0.481. The topological polar surface area (TPSA) is 122 Å². The lowest BCUT2D eigenvalue weighted by Gasteiger charge is -2.26. The second-order valence-corrected chi connectivity index (χ2v) is 7.70. The van der Waals surface area contributed by atoms with E-state index in [2.05, 4.69) is 15.0 Å². The van der Waals surface area contributed by atoms with Crippen molar-refractivity contribution in [1.29, 1.82) is 0 Å². The van der Waals surface area contributed by atoms with Gasteiger partial charge in [-0.15, -0.1) is 0 Å². The molecule has 0 aliphatic rings. The van der Waals surface area contributed by atoms with Crippen molar-refractivity contribution in [3.8, 4) is 5.75 Å². The molecule has 176 valence electrons. The molecular weight excluding hydrogens is 424 g/mol. The molecule has 2 rings (SSSR count). The summed E-state index contributed by atoms with van der Waals surface area (Å²) in [6.07, 6.45) is 1.44. The molecule has 0 fully saturated rings. The average molecular weight is 453 g/mol. The number of alkyl halides is 2. The average Bonchev–Trinajstić information content (AvgIpc) is 2.70. The van der Waals surface area contributed by atoms with Crippen molar-refractivity contribution in [2.45, 2.75) is 46.8 Å². The number of H-pyrrole nitrogens is 1. The van der Waals surface area contributed by atoms with Crippen LogP contribution in [-0.2, 0) is 11.3 Å². The molecule has 1 aromatic heterocycles. The number of anilines is 3. The second-order valence-electron chi connectivity index (χ2n) is 7.70. The third-order valence-electron chi connectivity index (χ3n) is 4.57. The van der Waals surface area contributed by atoms with Crippen LogP contribution in [-0.4, -0.2) is 35.2 Å². The fourth-order valence-electron chi connectivity index (χ4n) is 3.18. The number of halogens is 2. The molecule has 0 unspecified atom stereocenters. The molecule has 9 nitrogen and oxygen atoms in total. The van der Waals surface area contributed by atoms with E-state index >= 15 is 0 Å². The molecule has 0 atom stereocenters. The number of unbranched alkanes of at least 4 members (excludes halogenated alkanes) is 1. The van der Waals surface area contributed by atoms with Gasteiger partial charge in [-0.3, -0.25) is 19.1 Å². The molecular formula is C21H29F2N5O4. The Kier molecular flexibility index (Phi) is 8.80. The fourth-order valence-corrected chi connectivity index (χ4v) is 3.18. The summed E-state index contributed by atoms with van der Waals surface area (Å²) in [5.74, 6) is -0.684. The van der Waals surface area contributed by atoms with Gasteiger partial charge in [-0.2, -0.15) is 8.78 Å². The minimum absolute atomic E-state index is 0.0194. The van der Waals surface area contributed by atoms with Crippen LogP contribution in [0.25, 0.3) is 0 Å². The first-order valence-electron chi connectivity index (χ1n) is 10.3. The number of ether oxygens (including phenoxy) is 1. The van der Waals surface area contributed by atoms with Gasteiger partial charge < -0.3 is 20.7 Å². The number of nitrogen functional groups attached to an aromatic ring is 1. The van der Waals surface area contributed by atoms with Gasteiger partial charge in [0.05, 0.1) is 12.2 Å². The molecule has 32 heavy (non-hydrogen) atoms. The van der Waals surface area contributed by atoms with E-state index in [0.29, 0.717) is 19.5 Å². The Morgan fingerprint density at radius 3 is 2.59 bits per heavy atom. The maximum Gasteiger partial charge on any atom is 0.387 e. The van der Waals surface area contributed by atoms with E-state index in [1.807, 2.05) is 20.8 Å². The van der Waals surface area contributed by atoms with Crippen molar-refractivity contribution in [3.63, 3.8) is 0 Å². The fraction of sp³-hybridized carbons (Fsp3) is 0.476. The van der Waals surface area contributed by atoms with Gasteiger partial charge in [0.2, 0.25) is 5.91 Å². The molecule has 1 aromatic carbocycles. The Morgan fingerprint density at radius 2 is 1.97 bits per heavy atom. The molecule has 1 amide bonds. The van der Waals surface area contributed by atoms with E-state index in [-0.39, 0.29) is 35.4 Å². The summed E-state index contributed by atoms with van der Waals surface area (Å²) in [6.45, 7) is 3.04. The number of rotatable bonds is 11. The zero-order valence-corrected chi connectivity index (χ0v) is 18.4. The lowest BCUT2D eigenvalue weighted by molar-refractivity contribution is -0.115. The van der Waals surface area contributed by atoms with Gasteiger partial charge in [-0.1, -0.05) is 39.3 Å². The van der Waals surface area contributed by atoms with Gasteiger partial charge in [-0.05, 0) is 24.5 Å². The van der Waals surface area contributed by atoms with Crippen molar-refractivity contribution in [3.05, 3.63) is 45.1 Å². The van der Waals surface area contributed by atoms with E-state index in [1.165, 1.54) is 27.7 Å². The van der Waals surface area contributed by atoms with E-state index < -0.39 is 23.8 Å². The van der Waals surface area contributed by atoms with Gasteiger partial charge in [0, 0.05) is 13.1 Å². The Labute approximate surface area is 184 Å². The first kappa shape index (κ1) is 24.9. The number of nitrogens with zero attached hydrogens (tertiary/aromatic N) is 2. The number of carbonyl (C=O) groups is 1. The lowest BCUT2D eigenvalue weighted by atomic mass is 10.2. The predicted octanol–water partition coefficient (Wildman–Crippen LogP) is 2.62. The van der Waals surface area contributed by atoms with Crippen molar-refractivity contribution in [2.75, 3.05) is 29.0 Å². The van der Waals surface area contributed by atoms with Crippen LogP contribution >= 0.6 is 0 Å². The number of amides is 1. The van der Waals surface area contributed by atoms with Crippen LogP contribution in [0.2, 0.25) is 0 Å². The van der Waals surface area contributed by atoms with Crippen LogP contribution in [0.3, 0.4) is 0 Å². The summed E-state index contributed by atoms with van der Waals surface area (Å²) >= 11 is 0. The Hall–Kier alpha value is -3.37. The summed E-state index contributed by atoms with van der Waals surface area (Å²) in [7, 11) is 0. The summed E-state index contributed by atoms with van der Waals surface area (Å²) < 4.78 is 31.0. The SMILES string of the molecule is CCCCN(CC(=O)Nc1ccccc1OC(F)F)c1c(N)n(CC(C)C)c(=O)[nH]c1=O. The van der Waals surface area contributed by atoms with E-state index in [1.54, 1.807) is 6.07 Å². The van der Waals surface area contributed by atoms with Gasteiger partial charge in [-0.25, -0.2) is 4.79 Å². The highest BCUT2D eigenvalue weighted by atomic mass is 19.3. The van der Waals surface area contributed by atoms with Crippen LogP contribution in [0.1, 0.15) is 33.6 Å². The lowest BCUT2D eigenvalue weighted by Crippen LogP contribution is -2.42. The molecule has 0 radical (unpaired) electrons. The highest BCUT2D eigenvalue weighted by Gasteiger charge is 2.22. The summed E-state index contributed by atoms with van der Waals surface area (Å²) in [6, 6.07) is 5.80. The molecule has 11 heteroatoms. The van der Waals surface area contributed by atoms with Crippen LogP contribution in [0, 0.1) is 5.92 Å². The highest BCUT2D eigenvalue weighted by Crippen LogP contribution is 2.26. The number of aromatic nitrogens is 2. The van der Waals surface area contributed by atoms with Gasteiger partial charge in [0.1, 0.15) is 17.3 Å². The minimum atomic E-state index is -3.05. The van der Waals surface area contributed by atoms with Crippen molar-refractivity contribution in [2.24, 2.45) is 5.92 Å². The minimum Gasteiger partial charge on any atom is -0.433 e. The number of para-hydroxylation sites is 2. The smallest absolute Gasteiger partial charge is 0.387 e. The maximum atomic E-state index is 12.7. The van der Waals surface area contributed by atoms with Crippen LogP contribution in [0.15, 0.2) is 33.9 Å². The van der Waals surface area contributed by atoms with Crippen LogP contribution in [0.5, 0.6) is 5.75 Å². The second kappa shape index (κ2) is 11.3. The van der Waals surface area contributed by atoms with Crippen LogP contribution in [0.4, 0.5) is 26.0 Å². The molecule has 0 saturated heterocycles. The standard InChI is InChI=1S/C21H29F2N5O4/c1-4-5-10-27(17-18(24)28(11-13(2)3)21(31)26-19(17)30)12-16(29)25-14-8-6-7-9-15(14)32-20(22)23/h6-9,13,20H,4-5,10-12,24H2,1-3H3,(H,25,29)(H,26,30,31). The largest absolute Gasteiger partial charge is 0.433 e.